The Morgan fingerprint density at radius 1 is 0.733 bits per heavy atom. The number of benzene rings is 2. The van der Waals surface area contributed by atoms with Gasteiger partial charge in [-0.3, -0.25) is 0 Å². The van der Waals surface area contributed by atoms with Gasteiger partial charge in [-0.1, -0.05) is 27.7 Å². The molecule has 0 unspecified atom stereocenters. The Kier molecular flexibility index (Phi) is 11.8. The average Bonchev–Trinajstić information content (AvgIpc) is 2.98. The minimum absolute atomic E-state index is 0.0308. The summed E-state index contributed by atoms with van der Waals surface area (Å²) in [5.41, 5.74) is 13.3. The molecule has 0 radical (unpaired) electrons. The third-order valence-electron chi connectivity index (χ3n) is 5.99. The van der Waals surface area contributed by atoms with Crippen LogP contribution >= 0.6 is 0 Å². The van der Waals surface area contributed by atoms with Crippen LogP contribution < -0.4 is 20.9 Å². The molecule has 0 spiro atoms. The number of carboxylic acids is 1. The Hall–Kier alpha value is -5.26. The van der Waals surface area contributed by atoms with Crippen molar-refractivity contribution < 1.29 is 37.7 Å². The molecule has 2 heterocycles. The van der Waals surface area contributed by atoms with E-state index in [0.717, 1.165) is 0 Å². The number of anilines is 2. The van der Waals surface area contributed by atoms with Gasteiger partial charge in [-0.2, -0.15) is 0 Å². The third-order valence-corrected chi connectivity index (χ3v) is 5.99. The second-order valence-electron chi connectivity index (χ2n) is 10.8. The zero-order valence-corrected chi connectivity index (χ0v) is 25.6. The minimum Gasteiger partial charge on any atom is -0.493 e. The largest absolute Gasteiger partial charge is 0.493 e. The van der Waals surface area contributed by atoms with E-state index in [2.05, 4.69) is 14.7 Å². The summed E-state index contributed by atoms with van der Waals surface area (Å²) in [7, 11) is 1.26. The first-order chi connectivity index (χ1) is 21.3. The summed E-state index contributed by atoms with van der Waals surface area (Å²) in [6, 6.07) is 14.5. The number of nitrogen functional groups attached to an aromatic ring is 2. The number of carbonyl (C=O) groups excluding carboxylic acids is 1. The fourth-order valence-corrected chi connectivity index (χ4v) is 3.85. The summed E-state index contributed by atoms with van der Waals surface area (Å²) in [6.07, 6.45) is 0. The van der Waals surface area contributed by atoms with Crippen LogP contribution in [0.3, 0.4) is 0 Å². The lowest BCUT2D eigenvalue weighted by Crippen LogP contribution is -2.08. The van der Waals surface area contributed by atoms with Gasteiger partial charge in [0.1, 0.15) is 45.9 Å². The van der Waals surface area contributed by atoms with E-state index in [-0.39, 0.29) is 22.8 Å². The van der Waals surface area contributed by atoms with E-state index in [1.165, 1.54) is 49.6 Å². The number of pyridine rings is 2. The van der Waals surface area contributed by atoms with E-state index in [1.54, 1.807) is 18.2 Å². The first kappa shape index (κ1) is 34.2. The number of halogens is 2. The molecule has 45 heavy (non-hydrogen) atoms. The lowest BCUT2D eigenvalue weighted by molar-refractivity contribution is 0.0600. The molecule has 0 amide bonds. The number of carbonyl (C=O) groups is 2. The molecule has 4 rings (SSSR count). The average molecular weight is 623 g/mol. The van der Waals surface area contributed by atoms with Gasteiger partial charge in [0.25, 0.3) is 0 Å². The number of rotatable bonds is 10. The summed E-state index contributed by atoms with van der Waals surface area (Å²) in [5.74, 6) is -1.24. The van der Waals surface area contributed by atoms with Crippen LogP contribution in [0.2, 0.25) is 0 Å². The number of hydrogen-bond donors (Lipinski definition) is 3. The molecule has 10 nitrogen and oxygen atoms in total. The van der Waals surface area contributed by atoms with Crippen LogP contribution in [0.4, 0.5) is 20.4 Å². The molecular formula is C33H36F2N4O6. The first-order valence-electron chi connectivity index (χ1n) is 14.0. The number of nitrogens with two attached hydrogens (primary N) is 2. The molecule has 0 fully saturated rings. The summed E-state index contributed by atoms with van der Waals surface area (Å²) >= 11 is 0. The summed E-state index contributed by atoms with van der Waals surface area (Å²) in [5, 5.41) is 8.94. The Morgan fingerprint density at radius 2 is 1.16 bits per heavy atom. The monoisotopic (exact) mass is 622 g/mol. The molecule has 0 atom stereocenters. The fraction of sp³-hybridized carbons (Fsp3) is 0.273. The fourth-order valence-electron chi connectivity index (χ4n) is 3.85. The van der Waals surface area contributed by atoms with E-state index >= 15 is 0 Å². The van der Waals surface area contributed by atoms with Crippen molar-refractivity contribution in [1.82, 2.24) is 9.97 Å². The maximum Gasteiger partial charge on any atom is 0.341 e. The van der Waals surface area contributed by atoms with Crippen LogP contribution in [0.25, 0.3) is 22.5 Å². The van der Waals surface area contributed by atoms with Crippen LogP contribution in [0.15, 0.2) is 60.7 Å². The summed E-state index contributed by atoms with van der Waals surface area (Å²) in [4.78, 5) is 30.6. The van der Waals surface area contributed by atoms with Gasteiger partial charge >= 0.3 is 11.9 Å². The van der Waals surface area contributed by atoms with Crippen molar-refractivity contribution in [2.24, 2.45) is 11.8 Å². The number of esters is 1. The van der Waals surface area contributed by atoms with Crippen molar-refractivity contribution >= 4 is 23.6 Å². The molecule has 0 aliphatic carbocycles. The van der Waals surface area contributed by atoms with E-state index in [0.29, 0.717) is 59.1 Å². The molecule has 5 N–H and O–H groups in total. The molecule has 0 aliphatic rings. The number of methoxy groups -OCH3 is 1. The third kappa shape index (κ3) is 9.88. The number of carboxylic acid groups (broad SMARTS) is 1. The van der Waals surface area contributed by atoms with Crippen LogP contribution in [0.1, 0.15) is 48.4 Å². The summed E-state index contributed by atoms with van der Waals surface area (Å²) in [6.45, 7) is 8.96. The van der Waals surface area contributed by atoms with Crippen LogP contribution in [-0.4, -0.2) is 47.3 Å². The Balaban J connectivity index is 0.000000246. The van der Waals surface area contributed by atoms with Gasteiger partial charge in [0.2, 0.25) is 0 Å². The maximum atomic E-state index is 13.8. The standard InChI is InChI=1S/C17H19FN2O3.C16H17FN2O3/c1-10(2)9-23-13-7-11(6-12(18)8-13)15-5-4-14(16(19)20-15)17(21)22-3;1-9(2)8-22-12-6-10(5-11(17)7-12)14-4-3-13(16(20)21)15(18)19-14/h4-8,10H,9H2,1-3H3,(H2,19,20);3-7,9H,8H2,1-2H3,(H2,18,19)(H,20,21). The molecular weight excluding hydrogens is 586 g/mol. The normalized spacial score (nSPS) is 10.7. The van der Waals surface area contributed by atoms with Crippen molar-refractivity contribution in [3.05, 3.63) is 83.4 Å². The molecule has 0 bridgehead atoms. The molecule has 0 saturated carbocycles. The highest BCUT2D eigenvalue weighted by atomic mass is 19.1. The highest BCUT2D eigenvalue weighted by Gasteiger charge is 2.14. The summed E-state index contributed by atoms with van der Waals surface area (Å²) < 4.78 is 43.2. The highest BCUT2D eigenvalue weighted by Crippen LogP contribution is 2.28. The van der Waals surface area contributed by atoms with E-state index in [9.17, 15) is 18.4 Å². The van der Waals surface area contributed by atoms with Gasteiger partial charge in [-0.05, 0) is 60.4 Å². The molecule has 238 valence electrons. The van der Waals surface area contributed by atoms with Gasteiger partial charge in [0.15, 0.2) is 0 Å². The molecule has 2 aromatic carbocycles. The predicted octanol–water partition coefficient (Wildman–Crippen LogP) is 6.49. The number of nitrogens with zero attached hydrogens (tertiary/aromatic N) is 2. The van der Waals surface area contributed by atoms with Crippen molar-refractivity contribution in [2.45, 2.75) is 27.7 Å². The Morgan fingerprint density at radius 3 is 1.51 bits per heavy atom. The topological polar surface area (TPSA) is 160 Å². The predicted molar refractivity (Wildman–Crippen MR) is 167 cm³/mol. The van der Waals surface area contributed by atoms with Crippen molar-refractivity contribution in [1.29, 1.82) is 0 Å². The smallest absolute Gasteiger partial charge is 0.341 e. The zero-order chi connectivity index (χ0) is 33.3. The molecule has 4 aromatic rings. The van der Waals surface area contributed by atoms with Gasteiger partial charge < -0.3 is 30.8 Å². The van der Waals surface area contributed by atoms with Gasteiger partial charge in [-0.15, -0.1) is 0 Å². The molecule has 0 saturated heterocycles. The second kappa shape index (κ2) is 15.5. The lowest BCUT2D eigenvalue weighted by Gasteiger charge is -2.11. The Bertz CT molecular complexity index is 1660. The van der Waals surface area contributed by atoms with Gasteiger partial charge in [0, 0.05) is 23.3 Å². The second-order valence-corrected chi connectivity index (χ2v) is 10.8. The van der Waals surface area contributed by atoms with Crippen molar-refractivity contribution in [3.63, 3.8) is 0 Å². The zero-order valence-electron chi connectivity index (χ0n) is 25.6. The SMILES string of the molecule is CC(C)COc1cc(F)cc(-c2ccc(C(=O)O)c(N)n2)c1.COC(=O)c1ccc(-c2cc(F)cc(OCC(C)C)c2)nc1N. The highest BCUT2D eigenvalue weighted by molar-refractivity contribution is 5.94. The molecule has 0 aliphatic heterocycles. The lowest BCUT2D eigenvalue weighted by atomic mass is 10.1. The van der Waals surface area contributed by atoms with E-state index < -0.39 is 23.6 Å². The molecule has 2 aromatic heterocycles. The first-order valence-corrected chi connectivity index (χ1v) is 14.0. The van der Waals surface area contributed by atoms with E-state index in [1.807, 2.05) is 27.7 Å². The van der Waals surface area contributed by atoms with E-state index in [4.69, 9.17) is 26.0 Å². The van der Waals surface area contributed by atoms with Crippen molar-refractivity contribution in [3.8, 4) is 34.0 Å². The van der Waals surface area contributed by atoms with Gasteiger partial charge in [0.05, 0.1) is 31.7 Å². The van der Waals surface area contributed by atoms with Crippen LogP contribution in [0.5, 0.6) is 11.5 Å². The number of aromatic nitrogens is 2. The quantitative estimate of drug-likeness (QED) is 0.167. The number of hydrogen-bond acceptors (Lipinski definition) is 9. The van der Waals surface area contributed by atoms with Crippen LogP contribution in [-0.2, 0) is 4.74 Å². The molecule has 12 heteroatoms. The van der Waals surface area contributed by atoms with Crippen molar-refractivity contribution in [2.75, 3.05) is 31.8 Å². The minimum atomic E-state index is -1.16. The van der Waals surface area contributed by atoms with Crippen LogP contribution in [0, 0.1) is 23.5 Å². The number of ether oxygens (including phenoxy) is 3. The Labute approximate surface area is 260 Å². The maximum absolute atomic E-state index is 13.8. The van der Waals surface area contributed by atoms with Gasteiger partial charge in [-0.25, -0.2) is 28.3 Å². The number of aromatic carboxylic acids is 1.